The van der Waals surface area contributed by atoms with E-state index in [2.05, 4.69) is 25.5 Å². The van der Waals surface area contributed by atoms with Crippen LogP contribution in [0, 0.1) is 6.92 Å². The van der Waals surface area contributed by atoms with Crippen LogP contribution in [-0.4, -0.2) is 61.1 Å². The highest BCUT2D eigenvalue weighted by molar-refractivity contribution is 5.60. The highest BCUT2D eigenvalue weighted by Gasteiger charge is 2.36. The molecule has 3 aromatic heterocycles. The summed E-state index contributed by atoms with van der Waals surface area (Å²) in [5.74, 6) is 1.04. The molecule has 4 heterocycles. The number of aromatic nitrogens is 6. The van der Waals surface area contributed by atoms with E-state index in [0.29, 0.717) is 6.54 Å². The van der Waals surface area contributed by atoms with Crippen molar-refractivity contribution in [2.75, 3.05) is 20.2 Å². The summed E-state index contributed by atoms with van der Waals surface area (Å²) in [5.41, 5.74) is 3.84. The second kappa shape index (κ2) is 6.65. The molecule has 9 nitrogen and oxygen atoms in total. The van der Waals surface area contributed by atoms with E-state index in [-0.39, 0.29) is 12.0 Å². The Balaban J connectivity index is 1.47. The number of hydrogen-bond donors (Lipinski definition) is 0. The summed E-state index contributed by atoms with van der Waals surface area (Å²) in [5, 5.41) is 16.8. The van der Waals surface area contributed by atoms with Crippen molar-refractivity contribution in [3.05, 3.63) is 35.6 Å². The van der Waals surface area contributed by atoms with Crippen LogP contribution >= 0.6 is 0 Å². The molecule has 0 unspecified atom stereocenters. The normalized spacial score (nSPS) is 20.9. The van der Waals surface area contributed by atoms with E-state index in [0.717, 1.165) is 41.5 Å². The van der Waals surface area contributed by atoms with Gasteiger partial charge in [-0.15, -0.1) is 5.10 Å². The van der Waals surface area contributed by atoms with E-state index in [1.54, 1.807) is 11.8 Å². The van der Waals surface area contributed by atoms with Crippen LogP contribution in [0.4, 0.5) is 0 Å². The van der Waals surface area contributed by atoms with Gasteiger partial charge in [-0.3, -0.25) is 14.3 Å². The van der Waals surface area contributed by atoms with Gasteiger partial charge in [-0.2, -0.15) is 5.10 Å². The summed E-state index contributed by atoms with van der Waals surface area (Å²) in [6, 6.07) is 1.99. The van der Waals surface area contributed by atoms with E-state index < -0.39 is 0 Å². The van der Waals surface area contributed by atoms with E-state index in [1.165, 1.54) is 0 Å². The first-order valence-electron chi connectivity index (χ1n) is 8.61. The molecule has 26 heavy (non-hydrogen) atoms. The van der Waals surface area contributed by atoms with Gasteiger partial charge < -0.3 is 9.26 Å². The lowest BCUT2D eigenvalue weighted by atomic mass is 10.0. The fourth-order valence-electron chi connectivity index (χ4n) is 3.52. The number of likely N-dealkylation sites (tertiary alicyclic amines) is 1. The highest BCUT2D eigenvalue weighted by Crippen LogP contribution is 2.30. The number of rotatable bonds is 5. The fraction of sp³-hybridized carbons (Fsp3) is 0.529. The third kappa shape index (κ3) is 3.04. The van der Waals surface area contributed by atoms with Crippen molar-refractivity contribution in [3.8, 4) is 11.3 Å². The lowest BCUT2D eigenvalue weighted by molar-refractivity contribution is 0.0948. The minimum atomic E-state index is 0.0923. The van der Waals surface area contributed by atoms with Crippen molar-refractivity contribution in [3.63, 3.8) is 0 Å². The van der Waals surface area contributed by atoms with Gasteiger partial charge in [0.25, 0.3) is 0 Å². The van der Waals surface area contributed by atoms with Crippen molar-refractivity contribution in [2.24, 2.45) is 14.1 Å². The molecule has 1 aliphatic heterocycles. The van der Waals surface area contributed by atoms with Gasteiger partial charge in [-0.05, 0) is 6.92 Å². The van der Waals surface area contributed by atoms with Crippen LogP contribution in [0.5, 0.6) is 0 Å². The molecule has 0 amide bonds. The van der Waals surface area contributed by atoms with Crippen LogP contribution in [0.3, 0.4) is 0 Å². The first kappa shape index (κ1) is 16.9. The van der Waals surface area contributed by atoms with Crippen LogP contribution in [0.2, 0.25) is 0 Å². The first-order valence-corrected chi connectivity index (χ1v) is 8.61. The molecular weight excluding hydrogens is 334 g/mol. The Bertz CT molecular complexity index is 897. The van der Waals surface area contributed by atoms with Crippen molar-refractivity contribution in [1.82, 2.24) is 34.8 Å². The zero-order valence-electron chi connectivity index (χ0n) is 15.5. The quantitative estimate of drug-likeness (QED) is 0.676. The fourth-order valence-corrected chi connectivity index (χ4v) is 3.52. The molecule has 0 aromatic carbocycles. The third-order valence-corrected chi connectivity index (χ3v) is 5.09. The molecule has 0 spiro atoms. The van der Waals surface area contributed by atoms with Crippen LogP contribution in [0.1, 0.15) is 23.1 Å². The maximum Gasteiger partial charge on any atom is 0.151 e. The Hall–Kier alpha value is -2.52. The van der Waals surface area contributed by atoms with Crippen LogP contribution < -0.4 is 0 Å². The summed E-state index contributed by atoms with van der Waals surface area (Å²) in [6.45, 7) is 4.37. The number of methoxy groups -OCH3 is 1. The predicted molar refractivity (Wildman–Crippen MR) is 93.3 cm³/mol. The van der Waals surface area contributed by atoms with Crippen molar-refractivity contribution in [1.29, 1.82) is 0 Å². The van der Waals surface area contributed by atoms with Crippen molar-refractivity contribution < 1.29 is 9.26 Å². The monoisotopic (exact) mass is 357 g/mol. The Morgan fingerprint density at radius 3 is 2.81 bits per heavy atom. The van der Waals surface area contributed by atoms with E-state index >= 15 is 0 Å². The zero-order chi connectivity index (χ0) is 18.3. The molecule has 0 radical (unpaired) electrons. The van der Waals surface area contributed by atoms with E-state index in [1.807, 2.05) is 44.2 Å². The molecule has 0 saturated carbocycles. The smallest absolute Gasteiger partial charge is 0.151 e. The SMILES string of the molecule is CO[C@@H]1CN(Cc2cc(-c3cnn(C)c3C)no2)C[C@H]1c1cn(C)nn1. The second-order valence-electron chi connectivity index (χ2n) is 6.84. The number of nitrogens with zero attached hydrogens (tertiary/aromatic N) is 7. The molecule has 4 rings (SSSR count). The van der Waals surface area contributed by atoms with Crippen LogP contribution in [-0.2, 0) is 25.4 Å². The van der Waals surface area contributed by atoms with Crippen LogP contribution in [0.15, 0.2) is 23.0 Å². The lowest BCUT2D eigenvalue weighted by Crippen LogP contribution is -2.22. The molecule has 2 atom stereocenters. The molecule has 1 saturated heterocycles. The summed E-state index contributed by atoms with van der Waals surface area (Å²) >= 11 is 0. The molecular formula is C17H23N7O2. The second-order valence-corrected chi connectivity index (χ2v) is 6.84. The Labute approximate surface area is 151 Å². The molecule has 138 valence electrons. The average Bonchev–Trinajstić information content (AvgIpc) is 3.38. The molecule has 1 aliphatic rings. The lowest BCUT2D eigenvalue weighted by Gasteiger charge is -2.13. The number of ether oxygens (including phenoxy) is 1. The largest absolute Gasteiger partial charge is 0.379 e. The Morgan fingerprint density at radius 1 is 1.31 bits per heavy atom. The van der Waals surface area contributed by atoms with E-state index in [4.69, 9.17) is 9.26 Å². The summed E-state index contributed by atoms with van der Waals surface area (Å²) in [6.07, 6.45) is 3.87. The summed E-state index contributed by atoms with van der Waals surface area (Å²) in [4.78, 5) is 2.30. The van der Waals surface area contributed by atoms with Gasteiger partial charge in [0.2, 0.25) is 0 Å². The maximum absolute atomic E-state index is 5.67. The minimum absolute atomic E-state index is 0.0923. The van der Waals surface area contributed by atoms with Gasteiger partial charge in [0, 0.05) is 63.7 Å². The standard InChI is InChI=1S/C17H23N7O2/c1-11-13(6-18-23(11)3)15-5-12(26-20-15)7-24-8-14(17(10-24)25-4)16-9-22(2)21-19-16/h5-6,9,14,17H,7-8,10H2,1-4H3/t14-,17+/m0/s1. The van der Waals surface area contributed by atoms with Gasteiger partial charge in [-0.1, -0.05) is 10.4 Å². The average molecular weight is 357 g/mol. The summed E-state index contributed by atoms with van der Waals surface area (Å²) in [7, 11) is 5.54. The van der Waals surface area contributed by atoms with E-state index in [9.17, 15) is 0 Å². The minimum Gasteiger partial charge on any atom is -0.379 e. The molecule has 9 heteroatoms. The topological polar surface area (TPSA) is 87.0 Å². The highest BCUT2D eigenvalue weighted by atomic mass is 16.5. The molecule has 3 aromatic rings. The van der Waals surface area contributed by atoms with Gasteiger partial charge in [0.15, 0.2) is 5.76 Å². The molecule has 1 fully saturated rings. The number of hydrogen-bond acceptors (Lipinski definition) is 7. The molecule has 0 bridgehead atoms. The van der Waals surface area contributed by atoms with Crippen molar-refractivity contribution in [2.45, 2.75) is 25.5 Å². The summed E-state index contributed by atoms with van der Waals surface area (Å²) < 4.78 is 14.8. The Kier molecular flexibility index (Phi) is 4.33. The number of aryl methyl sites for hydroxylation is 2. The van der Waals surface area contributed by atoms with Gasteiger partial charge in [-0.25, -0.2) is 0 Å². The van der Waals surface area contributed by atoms with Gasteiger partial charge in [0.05, 0.1) is 24.5 Å². The van der Waals surface area contributed by atoms with Crippen molar-refractivity contribution >= 4 is 0 Å². The predicted octanol–water partition coefficient (Wildman–Crippen LogP) is 1.13. The molecule has 0 aliphatic carbocycles. The first-order chi connectivity index (χ1) is 12.5. The third-order valence-electron chi connectivity index (χ3n) is 5.09. The Morgan fingerprint density at radius 2 is 2.15 bits per heavy atom. The van der Waals surface area contributed by atoms with Crippen LogP contribution in [0.25, 0.3) is 11.3 Å². The van der Waals surface area contributed by atoms with Gasteiger partial charge in [0.1, 0.15) is 5.69 Å². The van der Waals surface area contributed by atoms with Gasteiger partial charge >= 0.3 is 0 Å². The molecule has 0 N–H and O–H groups in total. The maximum atomic E-state index is 5.67. The zero-order valence-corrected chi connectivity index (χ0v) is 15.5.